The first-order chi connectivity index (χ1) is 10.0. The van der Waals surface area contributed by atoms with E-state index in [0.29, 0.717) is 13.2 Å². The van der Waals surface area contributed by atoms with E-state index in [1.807, 2.05) is 0 Å². The van der Waals surface area contributed by atoms with Crippen LogP contribution >= 0.6 is 0 Å². The summed E-state index contributed by atoms with van der Waals surface area (Å²) < 4.78 is 11.3. The molecule has 5 heteroatoms. The molecule has 1 aliphatic carbocycles. The number of rotatable bonds is 8. The summed E-state index contributed by atoms with van der Waals surface area (Å²) in [5.41, 5.74) is 5.17. The third kappa shape index (κ3) is 4.18. The van der Waals surface area contributed by atoms with Crippen molar-refractivity contribution in [3.05, 3.63) is 0 Å². The van der Waals surface area contributed by atoms with Crippen LogP contribution in [-0.2, 0) is 14.3 Å². The predicted molar refractivity (Wildman–Crippen MR) is 81.9 cm³/mol. The zero-order valence-corrected chi connectivity index (χ0v) is 13.4. The second-order valence-electron chi connectivity index (χ2n) is 6.72. The third-order valence-corrected chi connectivity index (χ3v) is 4.74. The van der Waals surface area contributed by atoms with Crippen LogP contribution in [0, 0.1) is 5.92 Å². The van der Waals surface area contributed by atoms with E-state index in [1.54, 1.807) is 0 Å². The fourth-order valence-electron chi connectivity index (χ4n) is 3.79. The second-order valence-corrected chi connectivity index (χ2v) is 6.72. The second kappa shape index (κ2) is 7.56. The Morgan fingerprint density at radius 1 is 1.43 bits per heavy atom. The molecule has 3 N–H and O–H groups in total. The largest absolute Gasteiger partial charge is 0.379 e. The molecule has 3 unspecified atom stereocenters. The molecule has 1 amide bonds. The van der Waals surface area contributed by atoms with Gasteiger partial charge in [-0.25, -0.2) is 0 Å². The first-order valence-electron chi connectivity index (χ1n) is 8.31. The Labute approximate surface area is 127 Å². The van der Waals surface area contributed by atoms with Gasteiger partial charge >= 0.3 is 0 Å². The zero-order chi connectivity index (χ0) is 15.3. The van der Waals surface area contributed by atoms with Crippen LogP contribution in [0.25, 0.3) is 0 Å². The third-order valence-electron chi connectivity index (χ3n) is 4.74. The number of carbonyl (C=O) groups is 1. The van der Waals surface area contributed by atoms with Crippen LogP contribution in [-0.4, -0.2) is 43.4 Å². The lowest BCUT2D eigenvalue weighted by atomic mass is 9.83. The van der Waals surface area contributed by atoms with Crippen LogP contribution in [0.4, 0.5) is 0 Å². The molecule has 1 saturated heterocycles. The summed E-state index contributed by atoms with van der Waals surface area (Å²) >= 11 is 0. The van der Waals surface area contributed by atoms with E-state index >= 15 is 0 Å². The Morgan fingerprint density at radius 3 is 2.86 bits per heavy atom. The van der Waals surface area contributed by atoms with Crippen LogP contribution < -0.4 is 11.1 Å². The molecule has 0 aromatic carbocycles. The van der Waals surface area contributed by atoms with Gasteiger partial charge < -0.3 is 20.5 Å². The average Bonchev–Trinajstić information content (AvgIpc) is 3.04. The lowest BCUT2D eigenvalue weighted by Gasteiger charge is -2.35. The molecular formula is C16H30N2O3. The minimum absolute atomic E-state index is 0.210. The van der Waals surface area contributed by atoms with Gasteiger partial charge in [-0.05, 0) is 51.9 Å². The number of amides is 1. The minimum atomic E-state index is -0.540. The molecule has 1 heterocycles. The SMILES string of the molecule is CC(C)NC1(C(N)=O)CCCC1CCOCC1CCCO1. The molecule has 0 radical (unpaired) electrons. The van der Waals surface area contributed by atoms with E-state index in [9.17, 15) is 4.79 Å². The summed E-state index contributed by atoms with van der Waals surface area (Å²) in [7, 11) is 0. The molecule has 3 atom stereocenters. The lowest BCUT2D eigenvalue weighted by Crippen LogP contribution is -2.60. The average molecular weight is 298 g/mol. The molecular weight excluding hydrogens is 268 g/mol. The van der Waals surface area contributed by atoms with Crippen LogP contribution in [0.3, 0.4) is 0 Å². The van der Waals surface area contributed by atoms with Crippen molar-refractivity contribution in [3.8, 4) is 0 Å². The van der Waals surface area contributed by atoms with Gasteiger partial charge in [-0.1, -0.05) is 6.42 Å². The van der Waals surface area contributed by atoms with Gasteiger partial charge in [0, 0.05) is 19.3 Å². The van der Waals surface area contributed by atoms with Crippen LogP contribution in [0.15, 0.2) is 0 Å². The first kappa shape index (κ1) is 16.7. The fourth-order valence-corrected chi connectivity index (χ4v) is 3.79. The standard InChI is InChI=1S/C16H30N2O3/c1-12(2)18-16(15(17)19)8-3-5-13(16)7-10-20-11-14-6-4-9-21-14/h12-14,18H,3-11H2,1-2H3,(H2,17,19). The van der Waals surface area contributed by atoms with Gasteiger partial charge in [-0.3, -0.25) is 4.79 Å². The molecule has 0 bridgehead atoms. The van der Waals surface area contributed by atoms with E-state index in [-0.39, 0.29) is 24.0 Å². The van der Waals surface area contributed by atoms with Gasteiger partial charge in [0.2, 0.25) is 5.91 Å². The summed E-state index contributed by atoms with van der Waals surface area (Å²) in [6.07, 6.45) is 6.34. The molecule has 122 valence electrons. The van der Waals surface area contributed by atoms with Crippen LogP contribution in [0.5, 0.6) is 0 Å². The maximum atomic E-state index is 12.0. The highest BCUT2D eigenvalue weighted by molar-refractivity contribution is 5.85. The highest BCUT2D eigenvalue weighted by Gasteiger charge is 2.47. The van der Waals surface area contributed by atoms with Crippen molar-refractivity contribution in [1.82, 2.24) is 5.32 Å². The van der Waals surface area contributed by atoms with E-state index < -0.39 is 5.54 Å². The van der Waals surface area contributed by atoms with Crippen molar-refractivity contribution >= 4 is 5.91 Å². The Kier molecular flexibility index (Phi) is 6.02. The predicted octanol–water partition coefficient (Wildman–Crippen LogP) is 1.59. The molecule has 2 rings (SSSR count). The number of hydrogen-bond donors (Lipinski definition) is 2. The summed E-state index contributed by atoms with van der Waals surface area (Å²) in [5, 5.41) is 3.43. The number of carbonyl (C=O) groups excluding carboxylic acids is 1. The normalized spacial score (nSPS) is 32.9. The number of primary amides is 1. The topological polar surface area (TPSA) is 73.6 Å². The fraction of sp³-hybridized carbons (Fsp3) is 0.938. The Bertz CT molecular complexity index is 342. The Balaban J connectivity index is 1.80. The zero-order valence-electron chi connectivity index (χ0n) is 13.4. The Morgan fingerprint density at radius 2 is 2.24 bits per heavy atom. The number of nitrogens with two attached hydrogens (primary N) is 1. The van der Waals surface area contributed by atoms with Crippen molar-refractivity contribution in [3.63, 3.8) is 0 Å². The van der Waals surface area contributed by atoms with Crippen LogP contribution in [0.2, 0.25) is 0 Å². The minimum Gasteiger partial charge on any atom is -0.379 e. The quantitative estimate of drug-likeness (QED) is 0.668. The lowest BCUT2D eigenvalue weighted by molar-refractivity contribution is -0.126. The van der Waals surface area contributed by atoms with Crippen molar-refractivity contribution in [1.29, 1.82) is 0 Å². The molecule has 1 saturated carbocycles. The molecule has 0 aromatic rings. The summed E-state index contributed by atoms with van der Waals surface area (Å²) in [4.78, 5) is 12.0. The summed E-state index contributed by atoms with van der Waals surface area (Å²) in [5.74, 6) is 0.0692. The van der Waals surface area contributed by atoms with Crippen molar-refractivity contribution in [2.75, 3.05) is 19.8 Å². The summed E-state index contributed by atoms with van der Waals surface area (Å²) in [6, 6.07) is 0.255. The molecule has 0 spiro atoms. The van der Waals surface area contributed by atoms with Crippen LogP contribution in [0.1, 0.15) is 52.4 Å². The number of ether oxygens (including phenoxy) is 2. The highest BCUT2D eigenvalue weighted by Crippen LogP contribution is 2.38. The Hall–Kier alpha value is -0.650. The van der Waals surface area contributed by atoms with Gasteiger partial charge in [0.1, 0.15) is 5.54 Å². The number of hydrogen-bond acceptors (Lipinski definition) is 4. The van der Waals surface area contributed by atoms with Gasteiger partial charge in [-0.15, -0.1) is 0 Å². The summed E-state index contributed by atoms with van der Waals surface area (Å²) in [6.45, 7) is 6.34. The highest BCUT2D eigenvalue weighted by atomic mass is 16.5. The van der Waals surface area contributed by atoms with E-state index in [1.165, 1.54) is 0 Å². The van der Waals surface area contributed by atoms with Gasteiger partial charge in [0.15, 0.2) is 0 Å². The number of nitrogens with one attached hydrogen (secondary N) is 1. The van der Waals surface area contributed by atoms with E-state index in [4.69, 9.17) is 15.2 Å². The van der Waals surface area contributed by atoms with Crippen molar-refractivity contribution in [2.45, 2.75) is 70.1 Å². The molecule has 2 aliphatic rings. The smallest absolute Gasteiger partial charge is 0.238 e. The maximum Gasteiger partial charge on any atom is 0.238 e. The van der Waals surface area contributed by atoms with Gasteiger partial charge in [-0.2, -0.15) is 0 Å². The van der Waals surface area contributed by atoms with Gasteiger partial charge in [0.25, 0.3) is 0 Å². The van der Waals surface area contributed by atoms with E-state index in [2.05, 4.69) is 19.2 Å². The van der Waals surface area contributed by atoms with Gasteiger partial charge in [0.05, 0.1) is 12.7 Å². The molecule has 2 fully saturated rings. The molecule has 0 aromatic heterocycles. The molecule has 5 nitrogen and oxygen atoms in total. The van der Waals surface area contributed by atoms with E-state index in [0.717, 1.165) is 45.1 Å². The van der Waals surface area contributed by atoms with Crippen molar-refractivity contribution in [2.24, 2.45) is 11.7 Å². The van der Waals surface area contributed by atoms with Crippen molar-refractivity contribution < 1.29 is 14.3 Å². The maximum absolute atomic E-state index is 12.0. The first-order valence-corrected chi connectivity index (χ1v) is 8.31. The molecule has 21 heavy (non-hydrogen) atoms. The molecule has 1 aliphatic heterocycles. The monoisotopic (exact) mass is 298 g/mol.